The van der Waals surface area contributed by atoms with Gasteiger partial charge in [0.05, 0.1) is 12.8 Å². The fourth-order valence-electron chi connectivity index (χ4n) is 1.62. The first-order chi connectivity index (χ1) is 8.65. The number of rotatable bonds is 8. The van der Waals surface area contributed by atoms with Crippen molar-refractivity contribution in [2.45, 2.75) is 13.0 Å². The summed E-state index contributed by atoms with van der Waals surface area (Å²) >= 11 is 0. The third-order valence-corrected chi connectivity index (χ3v) is 2.59. The maximum Gasteiger partial charge on any atom is 0.140 e. The zero-order valence-electron chi connectivity index (χ0n) is 10.9. The molecule has 7 nitrogen and oxygen atoms in total. The van der Waals surface area contributed by atoms with Crippen molar-refractivity contribution in [3.63, 3.8) is 0 Å². The standard InChI is InChI=1S/C11H21N5O2/c1-15-8-10(7-13-15)9-16(5-6-18-2)4-3-11(12)14-17/h7-8,17H,3-6,9H2,1-2H3,(H2,12,14). The minimum Gasteiger partial charge on any atom is -0.409 e. The molecular weight excluding hydrogens is 234 g/mol. The molecule has 0 amide bonds. The van der Waals surface area contributed by atoms with Crippen molar-refractivity contribution < 1.29 is 9.94 Å². The van der Waals surface area contributed by atoms with E-state index < -0.39 is 0 Å². The van der Waals surface area contributed by atoms with E-state index in [-0.39, 0.29) is 5.84 Å². The van der Waals surface area contributed by atoms with E-state index in [2.05, 4.69) is 15.2 Å². The van der Waals surface area contributed by atoms with Crippen LogP contribution in [0.1, 0.15) is 12.0 Å². The van der Waals surface area contributed by atoms with Gasteiger partial charge in [-0.25, -0.2) is 0 Å². The molecule has 0 fully saturated rings. The van der Waals surface area contributed by atoms with Gasteiger partial charge in [-0.1, -0.05) is 5.16 Å². The van der Waals surface area contributed by atoms with Gasteiger partial charge in [0.25, 0.3) is 0 Å². The number of aromatic nitrogens is 2. The molecule has 0 saturated carbocycles. The zero-order chi connectivity index (χ0) is 13.4. The number of hydrogen-bond donors (Lipinski definition) is 2. The highest BCUT2D eigenvalue weighted by Crippen LogP contribution is 2.04. The summed E-state index contributed by atoms with van der Waals surface area (Å²) in [6, 6.07) is 0. The number of ether oxygens (including phenoxy) is 1. The summed E-state index contributed by atoms with van der Waals surface area (Å²) in [6.45, 7) is 2.94. The number of nitrogens with zero attached hydrogens (tertiary/aromatic N) is 4. The molecule has 102 valence electrons. The van der Waals surface area contributed by atoms with E-state index in [1.54, 1.807) is 11.8 Å². The lowest BCUT2D eigenvalue weighted by molar-refractivity contribution is 0.145. The Balaban J connectivity index is 2.49. The van der Waals surface area contributed by atoms with Crippen molar-refractivity contribution in [2.75, 3.05) is 26.8 Å². The summed E-state index contributed by atoms with van der Waals surface area (Å²) in [6.07, 6.45) is 4.34. The third-order valence-electron chi connectivity index (χ3n) is 2.59. The maximum absolute atomic E-state index is 8.52. The van der Waals surface area contributed by atoms with Crippen molar-refractivity contribution >= 4 is 5.84 Å². The Morgan fingerprint density at radius 2 is 2.39 bits per heavy atom. The van der Waals surface area contributed by atoms with Gasteiger partial charge in [0.1, 0.15) is 5.84 Å². The van der Waals surface area contributed by atoms with Crippen LogP contribution in [0.4, 0.5) is 0 Å². The van der Waals surface area contributed by atoms with Crippen molar-refractivity contribution in [2.24, 2.45) is 17.9 Å². The van der Waals surface area contributed by atoms with Crippen LogP contribution in [0.3, 0.4) is 0 Å². The number of methoxy groups -OCH3 is 1. The van der Waals surface area contributed by atoms with Crippen molar-refractivity contribution in [3.05, 3.63) is 18.0 Å². The van der Waals surface area contributed by atoms with Crippen molar-refractivity contribution in [1.29, 1.82) is 0 Å². The normalized spacial score (nSPS) is 12.3. The number of oxime groups is 1. The van der Waals surface area contributed by atoms with Gasteiger partial charge in [-0.15, -0.1) is 0 Å². The molecule has 18 heavy (non-hydrogen) atoms. The molecule has 0 aromatic carbocycles. The Hall–Kier alpha value is -1.60. The minimum atomic E-state index is 0.239. The molecule has 1 aromatic heterocycles. The molecule has 1 heterocycles. The van der Waals surface area contributed by atoms with E-state index in [4.69, 9.17) is 15.7 Å². The molecule has 0 aliphatic rings. The molecule has 3 N–H and O–H groups in total. The first-order valence-corrected chi connectivity index (χ1v) is 5.81. The first kappa shape index (κ1) is 14.5. The van der Waals surface area contributed by atoms with Crippen molar-refractivity contribution in [3.8, 4) is 0 Å². The van der Waals surface area contributed by atoms with E-state index in [0.717, 1.165) is 18.7 Å². The minimum absolute atomic E-state index is 0.239. The molecule has 1 aromatic rings. The van der Waals surface area contributed by atoms with Crippen LogP contribution < -0.4 is 5.73 Å². The molecule has 7 heteroatoms. The molecular formula is C11H21N5O2. The first-order valence-electron chi connectivity index (χ1n) is 5.81. The largest absolute Gasteiger partial charge is 0.409 e. The number of amidine groups is 1. The smallest absolute Gasteiger partial charge is 0.140 e. The van der Waals surface area contributed by atoms with Gasteiger partial charge in [-0.05, 0) is 0 Å². The lowest BCUT2D eigenvalue weighted by Crippen LogP contribution is -2.30. The molecule has 1 rings (SSSR count). The highest BCUT2D eigenvalue weighted by atomic mass is 16.5. The molecule has 0 spiro atoms. The van der Waals surface area contributed by atoms with E-state index >= 15 is 0 Å². The predicted molar refractivity (Wildman–Crippen MR) is 68.4 cm³/mol. The van der Waals surface area contributed by atoms with Crippen LogP contribution in [0.15, 0.2) is 17.5 Å². The Kier molecular flexibility index (Phi) is 6.16. The monoisotopic (exact) mass is 255 g/mol. The van der Waals surface area contributed by atoms with Gasteiger partial charge in [-0.3, -0.25) is 9.58 Å². The molecule has 0 atom stereocenters. The second-order valence-corrected chi connectivity index (χ2v) is 4.13. The van der Waals surface area contributed by atoms with E-state index in [1.165, 1.54) is 0 Å². The Bertz CT molecular complexity index is 377. The van der Waals surface area contributed by atoms with Gasteiger partial charge < -0.3 is 15.7 Å². The Labute approximate surface area is 107 Å². The van der Waals surface area contributed by atoms with Gasteiger partial charge in [0.15, 0.2) is 0 Å². The predicted octanol–water partition coefficient (Wildman–Crippen LogP) is 0.00500. The second kappa shape index (κ2) is 7.67. The summed E-state index contributed by atoms with van der Waals surface area (Å²) < 4.78 is 6.85. The SMILES string of the molecule is COCCN(CC/C(N)=N/O)Cc1cnn(C)c1. The highest BCUT2D eigenvalue weighted by molar-refractivity contribution is 5.79. The second-order valence-electron chi connectivity index (χ2n) is 4.13. The lowest BCUT2D eigenvalue weighted by Gasteiger charge is -2.20. The Morgan fingerprint density at radius 1 is 1.61 bits per heavy atom. The number of hydrogen-bond acceptors (Lipinski definition) is 5. The van der Waals surface area contributed by atoms with E-state index in [9.17, 15) is 0 Å². The molecule has 0 saturated heterocycles. The van der Waals surface area contributed by atoms with Crippen LogP contribution in [0.5, 0.6) is 0 Å². The average Bonchev–Trinajstić information content (AvgIpc) is 2.77. The molecule has 0 bridgehead atoms. The zero-order valence-corrected chi connectivity index (χ0v) is 10.9. The van der Waals surface area contributed by atoms with Crippen LogP contribution >= 0.6 is 0 Å². The van der Waals surface area contributed by atoms with E-state index in [1.807, 2.05) is 19.4 Å². The van der Waals surface area contributed by atoms with Gasteiger partial charge in [0.2, 0.25) is 0 Å². The van der Waals surface area contributed by atoms with Gasteiger partial charge in [0, 0.05) is 52.0 Å². The quantitative estimate of drug-likeness (QED) is 0.295. The molecule has 0 unspecified atom stereocenters. The summed E-state index contributed by atoms with van der Waals surface area (Å²) in [5.74, 6) is 0.239. The van der Waals surface area contributed by atoms with Crippen molar-refractivity contribution in [1.82, 2.24) is 14.7 Å². The van der Waals surface area contributed by atoms with Crippen LogP contribution in [-0.4, -0.2) is 52.5 Å². The van der Waals surface area contributed by atoms with Crippen LogP contribution in [0.25, 0.3) is 0 Å². The maximum atomic E-state index is 8.52. The van der Waals surface area contributed by atoms with Crippen LogP contribution in [0, 0.1) is 0 Å². The number of aryl methyl sites for hydroxylation is 1. The topological polar surface area (TPSA) is 88.9 Å². The summed E-state index contributed by atoms with van der Waals surface area (Å²) in [4.78, 5) is 2.18. The van der Waals surface area contributed by atoms with E-state index in [0.29, 0.717) is 19.6 Å². The fourth-order valence-corrected chi connectivity index (χ4v) is 1.62. The molecule has 0 radical (unpaired) electrons. The van der Waals surface area contributed by atoms with Gasteiger partial charge >= 0.3 is 0 Å². The average molecular weight is 255 g/mol. The van der Waals surface area contributed by atoms with Crippen LogP contribution in [0.2, 0.25) is 0 Å². The summed E-state index contributed by atoms with van der Waals surface area (Å²) in [5.41, 5.74) is 6.61. The van der Waals surface area contributed by atoms with Gasteiger partial charge in [-0.2, -0.15) is 5.10 Å². The third kappa shape index (κ3) is 5.15. The fraction of sp³-hybridized carbons (Fsp3) is 0.636. The lowest BCUT2D eigenvalue weighted by atomic mass is 10.3. The summed E-state index contributed by atoms with van der Waals surface area (Å²) in [5, 5.41) is 15.6. The van der Waals surface area contributed by atoms with Crippen LogP contribution in [-0.2, 0) is 18.3 Å². The highest BCUT2D eigenvalue weighted by Gasteiger charge is 2.08. The summed E-state index contributed by atoms with van der Waals surface area (Å²) in [7, 11) is 3.56. The molecule has 0 aliphatic carbocycles. The molecule has 0 aliphatic heterocycles. The number of nitrogens with two attached hydrogens (primary N) is 1. The Morgan fingerprint density at radius 3 is 2.94 bits per heavy atom.